The third-order valence-electron chi connectivity index (χ3n) is 5.07. The molecule has 0 atom stereocenters. The predicted octanol–water partition coefficient (Wildman–Crippen LogP) is 4.92. The summed E-state index contributed by atoms with van der Waals surface area (Å²) >= 11 is 0. The zero-order valence-corrected chi connectivity index (χ0v) is 13.6. The largest absolute Gasteiger partial charge is 0.427 e. The smallest absolute Gasteiger partial charge is 0.380 e. The molecule has 0 unspecified atom stereocenters. The van der Waals surface area contributed by atoms with Crippen LogP contribution in [0.4, 0.5) is 39.5 Å². The second-order valence-corrected chi connectivity index (χ2v) is 6.64. The van der Waals surface area contributed by atoms with E-state index in [1.807, 2.05) is 0 Å². The fraction of sp³-hybridized carbons (Fsp3) is 0.438. The summed E-state index contributed by atoms with van der Waals surface area (Å²) in [5, 5.41) is 10.1. The van der Waals surface area contributed by atoms with E-state index in [1.54, 1.807) is 0 Å². The standard InChI is InChI=1S/C16H9F9N2O/c17-10-7(13-26-5-3-1-2-4-6(5)27(13)28)11(18)12(19)9-8(10)14(20,21)16(24,25)15(9,22)23/h28H,1-4H2. The zero-order chi connectivity index (χ0) is 20.8. The van der Waals surface area contributed by atoms with Gasteiger partial charge in [-0.2, -0.15) is 31.1 Å². The molecule has 28 heavy (non-hydrogen) atoms. The molecular formula is C16H9F9N2O. The molecule has 0 radical (unpaired) electrons. The second-order valence-electron chi connectivity index (χ2n) is 6.64. The van der Waals surface area contributed by atoms with E-state index in [-0.39, 0.29) is 29.0 Å². The highest BCUT2D eigenvalue weighted by Gasteiger charge is 2.81. The van der Waals surface area contributed by atoms with Crippen molar-refractivity contribution >= 4 is 0 Å². The molecule has 152 valence electrons. The molecule has 0 aliphatic heterocycles. The molecule has 0 spiro atoms. The first-order valence-corrected chi connectivity index (χ1v) is 8.00. The third kappa shape index (κ3) is 1.95. The summed E-state index contributed by atoms with van der Waals surface area (Å²) in [6, 6.07) is 0. The van der Waals surface area contributed by atoms with Crippen molar-refractivity contribution in [2.45, 2.75) is 43.5 Å². The molecule has 2 aromatic rings. The third-order valence-corrected chi connectivity index (χ3v) is 5.07. The van der Waals surface area contributed by atoms with Crippen LogP contribution in [0.5, 0.6) is 0 Å². The number of nitrogens with zero attached hydrogens (tertiary/aromatic N) is 2. The Labute approximate surface area is 150 Å². The van der Waals surface area contributed by atoms with Crippen LogP contribution in [-0.4, -0.2) is 20.8 Å². The van der Waals surface area contributed by atoms with Crippen molar-refractivity contribution in [2.75, 3.05) is 0 Å². The van der Waals surface area contributed by atoms with E-state index in [0.717, 1.165) is 0 Å². The molecule has 3 nitrogen and oxygen atoms in total. The van der Waals surface area contributed by atoms with Gasteiger partial charge in [-0.15, -0.1) is 0 Å². The lowest BCUT2D eigenvalue weighted by molar-refractivity contribution is -0.303. The maximum Gasteiger partial charge on any atom is 0.380 e. The van der Waals surface area contributed by atoms with Crippen molar-refractivity contribution in [3.63, 3.8) is 0 Å². The quantitative estimate of drug-likeness (QED) is 0.407. The maximum absolute atomic E-state index is 14.7. The van der Waals surface area contributed by atoms with Gasteiger partial charge in [0.1, 0.15) is 5.82 Å². The predicted molar refractivity (Wildman–Crippen MR) is 74.1 cm³/mol. The summed E-state index contributed by atoms with van der Waals surface area (Å²) in [6.45, 7) is 0. The van der Waals surface area contributed by atoms with Crippen molar-refractivity contribution in [1.29, 1.82) is 0 Å². The SMILES string of the molecule is On1c(-c2c(F)c(F)c3c(c2F)C(F)(F)C(F)(F)C3(F)F)nc2c1CCCC2. The van der Waals surface area contributed by atoms with Gasteiger partial charge < -0.3 is 5.21 Å². The highest BCUT2D eigenvalue weighted by Crippen LogP contribution is 2.64. The van der Waals surface area contributed by atoms with Crippen LogP contribution in [0.1, 0.15) is 35.4 Å². The van der Waals surface area contributed by atoms with Gasteiger partial charge in [0.05, 0.1) is 28.1 Å². The number of fused-ring (bicyclic) bond motifs is 2. The number of aryl methyl sites for hydroxylation is 1. The van der Waals surface area contributed by atoms with E-state index in [0.29, 0.717) is 12.8 Å². The van der Waals surface area contributed by atoms with E-state index in [1.165, 1.54) is 0 Å². The number of hydrogen-bond donors (Lipinski definition) is 1. The lowest BCUT2D eigenvalue weighted by Gasteiger charge is -2.23. The van der Waals surface area contributed by atoms with E-state index in [2.05, 4.69) is 4.98 Å². The van der Waals surface area contributed by atoms with Crippen LogP contribution in [0, 0.1) is 17.5 Å². The summed E-state index contributed by atoms with van der Waals surface area (Å²) in [4.78, 5) is 3.68. The highest BCUT2D eigenvalue weighted by atomic mass is 19.3. The van der Waals surface area contributed by atoms with Crippen molar-refractivity contribution in [3.05, 3.63) is 40.0 Å². The minimum Gasteiger partial charge on any atom is -0.427 e. The first-order chi connectivity index (χ1) is 12.9. The molecule has 0 bridgehead atoms. The molecule has 2 aliphatic rings. The fourth-order valence-electron chi connectivity index (χ4n) is 3.64. The van der Waals surface area contributed by atoms with Crippen molar-refractivity contribution in [2.24, 2.45) is 0 Å². The Balaban J connectivity index is 2.08. The first-order valence-electron chi connectivity index (χ1n) is 8.00. The molecule has 1 heterocycles. The Hall–Kier alpha value is -2.40. The van der Waals surface area contributed by atoms with E-state index in [9.17, 15) is 44.7 Å². The summed E-state index contributed by atoms with van der Waals surface area (Å²) in [6.07, 6.45) is 1.59. The first kappa shape index (κ1) is 18.9. The summed E-state index contributed by atoms with van der Waals surface area (Å²) in [7, 11) is 0. The van der Waals surface area contributed by atoms with E-state index in [4.69, 9.17) is 0 Å². The van der Waals surface area contributed by atoms with Gasteiger partial charge in [0, 0.05) is 0 Å². The van der Waals surface area contributed by atoms with Crippen LogP contribution >= 0.6 is 0 Å². The minimum absolute atomic E-state index is 0.0726. The summed E-state index contributed by atoms with van der Waals surface area (Å²) < 4.78 is 126. The van der Waals surface area contributed by atoms with Crippen LogP contribution < -0.4 is 0 Å². The average molecular weight is 416 g/mol. The van der Waals surface area contributed by atoms with Gasteiger partial charge in [-0.3, -0.25) is 0 Å². The van der Waals surface area contributed by atoms with E-state index >= 15 is 0 Å². The van der Waals surface area contributed by atoms with Gasteiger partial charge in [-0.05, 0) is 25.7 Å². The van der Waals surface area contributed by atoms with Gasteiger partial charge in [-0.25, -0.2) is 18.2 Å². The van der Waals surface area contributed by atoms with Gasteiger partial charge in [0.25, 0.3) is 0 Å². The molecule has 2 aliphatic carbocycles. The fourth-order valence-corrected chi connectivity index (χ4v) is 3.64. The van der Waals surface area contributed by atoms with Crippen molar-refractivity contribution in [3.8, 4) is 11.4 Å². The maximum atomic E-state index is 14.7. The number of halogens is 9. The molecule has 12 heteroatoms. The Morgan fingerprint density at radius 1 is 0.786 bits per heavy atom. The molecule has 1 N–H and O–H groups in total. The normalized spacial score (nSPS) is 21.5. The Bertz CT molecular complexity index is 1010. The average Bonchev–Trinajstić information content (AvgIpc) is 2.98. The van der Waals surface area contributed by atoms with Crippen LogP contribution in [-0.2, 0) is 24.7 Å². The number of alkyl halides is 6. The van der Waals surface area contributed by atoms with Crippen molar-refractivity contribution in [1.82, 2.24) is 9.71 Å². The lowest BCUT2D eigenvalue weighted by atomic mass is 10.0. The topological polar surface area (TPSA) is 38.0 Å². The molecule has 0 amide bonds. The van der Waals surface area contributed by atoms with Crippen molar-refractivity contribution < 1.29 is 44.7 Å². The minimum atomic E-state index is -6.19. The molecule has 1 aromatic heterocycles. The molecule has 0 saturated carbocycles. The van der Waals surface area contributed by atoms with Gasteiger partial charge in [0.15, 0.2) is 17.5 Å². The molecular weight excluding hydrogens is 407 g/mol. The Morgan fingerprint density at radius 2 is 1.32 bits per heavy atom. The molecule has 1 aromatic carbocycles. The van der Waals surface area contributed by atoms with E-state index < -0.39 is 57.7 Å². The van der Waals surface area contributed by atoms with Crippen LogP contribution in [0.2, 0.25) is 0 Å². The van der Waals surface area contributed by atoms with Crippen LogP contribution in [0.15, 0.2) is 0 Å². The second kappa shape index (κ2) is 5.35. The number of benzene rings is 1. The van der Waals surface area contributed by atoms with Gasteiger partial charge in [-0.1, -0.05) is 0 Å². The van der Waals surface area contributed by atoms with Crippen LogP contribution in [0.3, 0.4) is 0 Å². The molecule has 0 fully saturated rings. The Kier molecular flexibility index (Phi) is 3.62. The van der Waals surface area contributed by atoms with Gasteiger partial charge >= 0.3 is 17.8 Å². The number of aromatic nitrogens is 2. The number of rotatable bonds is 1. The molecule has 0 saturated heterocycles. The summed E-state index contributed by atoms with van der Waals surface area (Å²) in [5.41, 5.74) is -6.91. The van der Waals surface area contributed by atoms with Crippen LogP contribution in [0.25, 0.3) is 11.4 Å². The monoisotopic (exact) mass is 416 g/mol. The zero-order valence-electron chi connectivity index (χ0n) is 13.6. The lowest BCUT2D eigenvalue weighted by Crippen LogP contribution is -2.43. The molecule has 4 rings (SSSR count). The number of imidazole rings is 1. The van der Waals surface area contributed by atoms with Gasteiger partial charge in [0.2, 0.25) is 0 Å². The number of hydrogen-bond acceptors (Lipinski definition) is 2. The Morgan fingerprint density at radius 3 is 1.89 bits per heavy atom. The highest BCUT2D eigenvalue weighted by molar-refractivity contribution is 5.65. The summed E-state index contributed by atoms with van der Waals surface area (Å²) in [5.74, 6) is -26.7.